The van der Waals surface area contributed by atoms with Crippen LogP contribution in [0.3, 0.4) is 0 Å². The van der Waals surface area contributed by atoms with E-state index in [1.165, 1.54) is 25.3 Å². The molecule has 0 aromatic heterocycles. The summed E-state index contributed by atoms with van der Waals surface area (Å²) in [7, 11) is 1.43. The van der Waals surface area contributed by atoms with E-state index >= 15 is 0 Å². The Hall–Kier alpha value is -1.56. The molecule has 1 amide bonds. The lowest BCUT2D eigenvalue weighted by Crippen LogP contribution is -2.32. The number of carbonyl (C=O) groups is 1. The molecule has 1 aromatic carbocycles. The fourth-order valence-electron chi connectivity index (χ4n) is 1.28. The second-order valence-electron chi connectivity index (χ2n) is 4.71. The SMILES string of the molecule is COc1ccc(OC(F)F)c(NC(=O)C(C)(C)CCl)c1. The number of hydrogen-bond donors (Lipinski definition) is 1. The van der Waals surface area contributed by atoms with Gasteiger partial charge in [-0.25, -0.2) is 0 Å². The van der Waals surface area contributed by atoms with Crippen LogP contribution in [0.1, 0.15) is 13.8 Å². The molecule has 7 heteroatoms. The quantitative estimate of drug-likeness (QED) is 0.818. The number of carbonyl (C=O) groups excluding carboxylic acids is 1. The topological polar surface area (TPSA) is 47.6 Å². The normalized spacial score (nSPS) is 11.3. The minimum atomic E-state index is -2.99. The molecule has 0 aliphatic carbocycles. The van der Waals surface area contributed by atoms with Gasteiger partial charge in [-0.05, 0) is 26.0 Å². The van der Waals surface area contributed by atoms with E-state index in [2.05, 4.69) is 10.1 Å². The molecule has 0 bridgehead atoms. The van der Waals surface area contributed by atoms with Crippen molar-refractivity contribution >= 4 is 23.2 Å². The summed E-state index contributed by atoms with van der Waals surface area (Å²) in [5.74, 6) is -0.0432. The first kappa shape index (κ1) is 16.5. The predicted octanol–water partition coefficient (Wildman–Crippen LogP) is 3.50. The fraction of sp³-hybridized carbons (Fsp3) is 0.462. The van der Waals surface area contributed by atoms with Gasteiger partial charge in [0.15, 0.2) is 0 Å². The number of rotatable bonds is 6. The van der Waals surface area contributed by atoms with Gasteiger partial charge in [0.2, 0.25) is 5.91 Å². The van der Waals surface area contributed by atoms with Gasteiger partial charge in [-0.1, -0.05) is 0 Å². The number of halogens is 3. The number of methoxy groups -OCH3 is 1. The van der Waals surface area contributed by atoms with E-state index in [0.29, 0.717) is 5.75 Å². The van der Waals surface area contributed by atoms with E-state index in [9.17, 15) is 13.6 Å². The molecule has 1 N–H and O–H groups in total. The molecule has 0 saturated heterocycles. The van der Waals surface area contributed by atoms with Crippen molar-refractivity contribution in [2.24, 2.45) is 5.41 Å². The molecule has 0 unspecified atom stereocenters. The smallest absolute Gasteiger partial charge is 0.387 e. The van der Waals surface area contributed by atoms with Crippen LogP contribution in [0.25, 0.3) is 0 Å². The average molecular weight is 308 g/mol. The fourth-order valence-corrected chi connectivity index (χ4v) is 1.41. The number of benzene rings is 1. The largest absolute Gasteiger partial charge is 0.497 e. The van der Waals surface area contributed by atoms with Crippen LogP contribution in [0.2, 0.25) is 0 Å². The number of ether oxygens (including phenoxy) is 2. The first-order valence-corrected chi connectivity index (χ1v) is 6.34. The maximum Gasteiger partial charge on any atom is 0.387 e. The molecule has 4 nitrogen and oxygen atoms in total. The molecular weight excluding hydrogens is 292 g/mol. The monoisotopic (exact) mass is 307 g/mol. The van der Waals surface area contributed by atoms with Gasteiger partial charge in [-0.15, -0.1) is 11.6 Å². The highest BCUT2D eigenvalue weighted by Gasteiger charge is 2.27. The van der Waals surface area contributed by atoms with Crippen LogP contribution in [-0.4, -0.2) is 25.5 Å². The van der Waals surface area contributed by atoms with E-state index in [0.717, 1.165) is 0 Å². The third kappa shape index (κ3) is 4.23. The van der Waals surface area contributed by atoms with Gasteiger partial charge in [0, 0.05) is 11.9 Å². The van der Waals surface area contributed by atoms with Crippen molar-refractivity contribution in [3.63, 3.8) is 0 Å². The molecule has 0 atom stereocenters. The second kappa shape index (κ2) is 6.74. The summed E-state index contributed by atoms with van der Waals surface area (Å²) in [6.45, 7) is 0.298. The van der Waals surface area contributed by atoms with Crippen molar-refractivity contribution < 1.29 is 23.0 Å². The van der Waals surface area contributed by atoms with E-state index < -0.39 is 17.9 Å². The number of nitrogens with one attached hydrogen (secondary N) is 1. The lowest BCUT2D eigenvalue weighted by molar-refractivity contribution is -0.123. The zero-order valence-corrected chi connectivity index (χ0v) is 12.1. The summed E-state index contributed by atoms with van der Waals surface area (Å²) in [6.07, 6.45) is 0. The lowest BCUT2D eigenvalue weighted by Gasteiger charge is -2.21. The molecule has 20 heavy (non-hydrogen) atoms. The van der Waals surface area contributed by atoms with E-state index in [4.69, 9.17) is 16.3 Å². The average Bonchev–Trinajstić information content (AvgIpc) is 2.40. The van der Waals surface area contributed by atoms with Crippen molar-refractivity contribution in [2.45, 2.75) is 20.5 Å². The highest BCUT2D eigenvalue weighted by molar-refractivity contribution is 6.20. The maximum atomic E-state index is 12.3. The molecule has 0 heterocycles. The van der Waals surface area contributed by atoms with Crippen molar-refractivity contribution in [3.05, 3.63) is 18.2 Å². The van der Waals surface area contributed by atoms with Crippen LogP contribution in [-0.2, 0) is 4.79 Å². The van der Waals surface area contributed by atoms with Crippen molar-refractivity contribution in [1.82, 2.24) is 0 Å². The van der Waals surface area contributed by atoms with Gasteiger partial charge < -0.3 is 14.8 Å². The number of hydrogen-bond acceptors (Lipinski definition) is 3. The minimum Gasteiger partial charge on any atom is -0.497 e. The standard InChI is InChI=1S/C13H16ClF2NO3/c1-13(2,7-14)11(18)17-9-6-8(19-3)4-5-10(9)20-12(15)16/h4-6,12H,7H2,1-3H3,(H,17,18). The van der Waals surface area contributed by atoms with Crippen LogP contribution < -0.4 is 14.8 Å². The van der Waals surface area contributed by atoms with Crippen LogP contribution in [0, 0.1) is 5.41 Å². The van der Waals surface area contributed by atoms with E-state index in [-0.39, 0.29) is 17.3 Å². The summed E-state index contributed by atoms with van der Waals surface area (Å²) in [5.41, 5.74) is -0.736. The van der Waals surface area contributed by atoms with E-state index in [1.54, 1.807) is 13.8 Å². The Morgan fingerprint density at radius 3 is 2.60 bits per heavy atom. The highest BCUT2D eigenvalue weighted by Crippen LogP contribution is 2.32. The number of amides is 1. The van der Waals surface area contributed by atoms with E-state index in [1.807, 2.05) is 0 Å². The molecule has 1 rings (SSSR count). The summed E-state index contributed by atoms with van der Waals surface area (Å²) in [5, 5.41) is 2.52. The Labute approximate surface area is 121 Å². The predicted molar refractivity (Wildman–Crippen MR) is 72.8 cm³/mol. The Morgan fingerprint density at radius 1 is 1.45 bits per heavy atom. The van der Waals surface area contributed by atoms with Crippen molar-refractivity contribution in [3.8, 4) is 11.5 Å². The third-order valence-corrected chi connectivity index (χ3v) is 3.27. The summed E-state index contributed by atoms with van der Waals surface area (Å²) < 4.78 is 34.0. The highest BCUT2D eigenvalue weighted by atomic mass is 35.5. The molecule has 0 radical (unpaired) electrons. The second-order valence-corrected chi connectivity index (χ2v) is 4.98. The summed E-state index contributed by atoms with van der Waals surface area (Å²) in [6, 6.07) is 4.16. The Bertz CT molecular complexity index is 481. The first-order chi connectivity index (χ1) is 9.30. The van der Waals surface area contributed by atoms with Crippen LogP contribution in [0.15, 0.2) is 18.2 Å². The number of alkyl halides is 3. The van der Waals surface area contributed by atoms with Gasteiger partial charge in [0.25, 0.3) is 0 Å². The molecule has 1 aromatic rings. The van der Waals surface area contributed by atoms with Crippen LogP contribution in [0.5, 0.6) is 11.5 Å². The van der Waals surface area contributed by atoms with Crippen molar-refractivity contribution in [2.75, 3.05) is 18.3 Å². The zero-order chi connectivity index (χ0) is 15.3. The van der Waals surface area contributed by atoms with Crippen LogP contribution >= 0.6 is 11.6 Å². The third-order valence-electron chi connectivity index (χ3n) is 2.60. The minimum absolute atomic E-state index is 0.0911. The van der Waals surface area contributed by atoms with Gasteiger partial charge in [0.05, 0.1) is 18.2 Å². The summed E-state index contributed by atoms with van der Waals surface area (Å²) in [4.78, 5) is 12.0. The molecule has 0 aliphatic heterocycles. The van der Waals surface area contributed by atoms with Gasteiger partial charge in [-0.3, -0.25) is 4.79 Å². The van der Waals surface area contributed by atoms with Gasteiger partial charge in [-0.2, -0.15) is 8.78 Å². The van der Waals surface area contributed by atoms with Gasteiger partial charge >= 0.3 is 6.61 Å². The maximum absolute atomic E-state index is 12.3. The molecule has 0 fully saturated rings. The Balaban J connectivity index is 3.04. The molecule has 112 valence electrons. The molecular formula is C13H16ClF2NO3. The molecule has 0 saturated carbocycles. The Morgan fingerprint density at radius 2 is 2.10 bits per heavy atom. The first-order valence-electron chi connectivity index (χ1n) is 5.80. The van der Waals surface area contributed by atoms with Crippen LogP contribution in [0.4, 0.5) is 14.5 Å². The number of anilines is 1. The molecule has 0 spiro atoms. The van der Waals surface area contributed by atoms with Crippen molar-refractivity contribution in [1.29, 1.82) is 0 Å². The zero-order valence-electron chi connectivity index (χ0n) is 11.4. The van der Waals surface area contributed by atoms with Gasteiger partial charge in [0.1, 0.15) is 11.5 Å². The lowest BCUT2D eigenvalue weighted by atomic mass is 9.95. The molecule has 0 aliphatic rings. The Kier molecular flexibility index (Phi) is 5.56. The summed E-state index contributed by atoms with van der Waals surface area (Å²) >= 11 is 5.70.